The molecule has 4 aromatic heterocycles. The van der Waals surface area contributed by atoms with Crippen LogP contribution in [0.2, 0.25) is 0 Å². The second kappa shape index (κ2) is 9.15. The average Bonchev–Trinajstić information content (AvgIpc) is 3.78. The van der Waals surface area contributed by atoms with Gasteiger partial charge in [-0.2, -0.15) is 0 Å². The zero-order chi connectivity index (χ0) is 29.5. The van der Waals surface area contributed by atoms with Crippen molar-refractivity contribution >= 4 is 65.8 Å². The lowest BCUT2D eigenvalue weighted by Gasteiger charge is -2.07. The molecule has 10 rings (SSSR count). The highest BCUT2D eigenvalue weighted by Crippen LogP contribution is 2.44. The fourth-order valence-corrected chi connectivity index (χ4v) is 6.88. The molecule has 0 unspecified atom stereocenters. The van der Waals surface area contributed by atoms with Crippen molar-refractivity contribution < 1.29 is 8.83 Å². The summed E-state index contributed by atoms with van der Waals surface area (Å²) in [6.07, 6.45) is 0. The van der Waals surface area contributed by atoms with E-state index in [9.17, 15) is 0 Å². The number of rotatable bonds is 3. The van der Waals surface area contributed by atoms with E-state index in [1.54, 1.807) is 0 Å². The summed E-state index contributed by atoms with van der Waals surface area (Å²) < 4.78 is 15.5. The summed E-state index contributed by atoms with van der Waals surface area (Å²) in [6.45, 7) is 0. The van der Waals surface area contributed by atoms with E-state index in [1.807, 2.05) is 66.7 Å². The lowest BCUT2D eigenvalue weighted by Crippen LogP contribution is -1.94. The van der Waals surface area contributed by atoms with Crippen molar-refractivity contribution in [1.29, 1.82) is 0 Å². The molecule has 5 nitrogen and oxygen atoms in total. The van der Waals surface area contributed by atoms with E-state index >= 15 is 0 Å². The van der Waals surface area contributed by atoms with Crippen LogP contribution in [0.25, 0.3) is 94.1 Å². The van der Waals surface area contributed by atoms with Crippen molar-refractivity contribution in [1.82, 2.24) is 14.5 Å². The molecule has 0 amide bonds. The van der Waals surface area contributed by atoms with Crippen LogP contribution in [0.15, 0.2) is 148 Å². The van der Waals surface area contributed by atoms with Gasteiger partial charge in [0.05, 0.1) is 16.4 Å². The standard InChI is InChI=1S/C40H23N3O2/c1-3-12-24(13-4-1)40-41-36(28-18-11-21-33-34(28)27-17-8-10-20-32(27)44-33)39-37(42-40)29-22-23-31-35(38(29)45-39)26-16-7-9-19-30(26)43(31)25-14-5-2-6-15-25/h1-23H. The van der Waals surface area contributed by atoms with Gasteiger partial charge in [0, 0.05) is 38.4 Å². The third kappa shape index (κ3) is 3.43. The van der Waals surface area contributed by atoms with Crippen LogP contribution in [0, 0.1) is 0 Å². The van der Waals surface area contributed by atoms with Gasteiger partial charge in [0.15, 0.2) is 11.4 Å². The third-order valence-electron chi connectivity index (χ3n) is 8.82. The Bertz CT molecular complexity index is 2750. The average molecular weight is 578 g/mol. The van der Waals surface area contributed by atoms with E-state index in [1.165, 1.54) is 0 Å². The number of hydrogen-bond donors (Lipinski definition) is 0. The van der Waals surface area contributed by atoms with Crippen molar-refractivity contribution in [2.24, 2.45) is 0 Å². The Hall–Kier alpha value is -6.20. The molecule has 0 saturated heterocycles. The van der Waals surface area contributed by atoms with Gasteiger partial charge in [0.1, 0.15) is 28.0 Å². The number of furan rings is 2. The van der Waals surface area contributed by atoms with Crippen LogP contribution in [-0.4, -0.2) is 14.5 Å². The molecule has 0 radical (unpaired) electrons. The second-order valence-corrected chi connectivity index (χ2v) is 11.3. The smallest absolute Gasteiger partial charge is 0.180 e. The summed E-state index contributed by atoms with van der Waals surface area (Å²) in [4.78, 5) is 10.4. The Labute approximate surface area is 256 Å². The molecule has 0 aliphatic carbocycles. The number of para-hydroxylation sites is 3. The van der Waals surface area contributed by atoms with E-state index in [0.29, 0.717) is 11.4 Å². The maximum absolute atomic E-state index is 6.97. The number of hydrogen-bond acceptors (Lipinski definition) is 4. The first-order valence-electron chi connectivity index (χ1n) is 15.0. The fourth-order valence-electron chi connectivity index (χ4n) is 6.88. The minimum Gasteiger partial charge on any atom is -0.456 e. The van der Waals surface area contributed by atoms with Gasteiger partial charge in [-0.25, -0.2) is 9.97 Å². The van der Waals surface area contributed by atoms with E-state index < -0.39 is 0 Å². The zero-order valence-electron chi connectivity index (χ0n) is 23.9. The normalized spacial score (nSPS) is 12.0. The Kier molecular flexibility index (Phi) is 4.93. The number of aromatic nitrogens is 3. The molecule has 210 valence electrons. The quantitative estimate of drug-likeness (QED) is 0.210. The van der Waals surface area contributed by atoms with E-state index in [2.05, 4.69) is 77.4 Å². The van der Waals surface area contributed by atoms with Crippen molar-refractivity contribution in [3.05, 3.63) is 140 Å². The van der Waals surface area contributed by atoms with Gasteiger partial charge in [-0.1, -0.05) is 97.1 Å². The first kappa shape index (κ1) is 24.3. The molecule has 0 aliphatic heterocycles. The maximum atomic E-state index is 6.97. The number of benzene rings is 6. The molecule has 0 bridgehead atoms. The molecule has 45 heavy (non-hydrogen) atoms. The van der Waals surface area contributed by atoms with Crippen LogP contribution in [0.3, 0.4) is 0 Å². The number of nitrogens with zero attached hydrogens (tertiary/aromatic N) is 3. The molecule has 0 atom stereocenters. The van der Waals surface area contributed by atoms with Crippen molar-refractivity contribution in [2.75, 3.05) is 0 Å². The van der Waals surface area contributed by atoms with Crippen LogP contribution >= 0.6 is 0 Å². The lowest BCUT2D eigenvalue weighted by molar-refractivity contribution is 0.668. The zero-order valence-corrected chi connectivity index (χ0v) is 23.9. The molecule has 10 aromatic rings. The van der Waals surface area contributed by atoms with Gasteiger partial charge in [-0.3, -0.25) is 0 Å². The Morgan fingerprint density at radius 2 is 1.20 bits per heavy atom. The van der Waals surface area contributed by atoms with Crippen molar-refractivity contribution in [3.63, 3.8) is 0 Å². The summed E-state index contributed by atoms with van der Waals surface area (Å²) in [5.74, 6) is 0.650. The lowest BCUT2D eigenvalue weighted by atomic mass is 10.0. The molecule has 0 spiro atoms. The molecule has 0 saturated carbocycles. The molecule has 0 fully saturated rings. The van der Waals surface area contributed by atoms with Gasteiger partial charge in [-0.15, -0.1) is 0 Å². The summed E-state index contributed by atoms with van der Waals surface area (Å²) in [5, 5.41) is 5.20. The van der Waals surface area contributed by atoms with Crippen molar-refractivity contribution in [3.8, 4) is 28.3 Å². The minimum absolute atomic E-state index is 0.650. The van der Waals surface area contributed by atoms with Crippen LogP contribution < -0.4 is 0 Å². The molecule has 5 heteroatoms. The first-order chi connectivity index (χ1) is 22.3. The second-order valence-electron chi connectivity index (χ2n) is 11.3. The Morgan fingerprint density at radius 3 is 2.07 bits per heavy atom. The molecular weight excluding hydrogens is 554 g/mol. The predicted molar refractivity (Wildman–Crippen MR) is 182 cm³/mol. The van der Waals surface area contributed by atoms with Gasteiger partial charge in [0.25, 0.3) is 0 Å². The molecular formula is C40H23N3O2. The van der Waals surface area contributed by atoms with Crippen LogP contribution in [0.5, 0.6) is 0 Å². The first-order valence-corrected chi connectivity index (χ1v) is 15.0. The summed E-state index contributed by atoms with van der Waals surface area (Å²) in [5.41, 5.74) is 9.84. The monoisotopic (exact) mass is 577 g/mol. The van der Waals surface area contributed by atoms with Crippen LogP contribution in [0.1, 0.15) is 0 Å². The number of fused-ring (bicyclic) bond motifs is 10. The summed E-state index contributed by atoms with van der Waals surface area (Å²) >= 11 is 0. The van der Waals surface area contributed by atoms with E-state index in [-0.39, 0.29) is 0 Å². The highest BCUT2D eigenvalue weighted by Gasteiger charge is 2.24. The largest absolute Gasteiger partial charge is 0.456 e. The van der Waals surface area contributed by atoms with Gasteiger partial charge < -0.3 is 13.4 Å². The van der Waals surface area contributed by atoms with Gasteiger partial charge in [-0.05, 0) is 42.5 Å². The van der Waals surface area contributed by atoms with Gasteiger partial charge in [0.2, 0.25) is 0 Å². The van der Waals surface area contributed by atoms with Gasteiger partial charge >= 0.3 is 0 Å². The molecule has 4 heterocycles. The summed E-state index contributed by atoms with van der Waals surface area (Å²) in [7, 11) is 0. The predicted octanol–water partition coefficient (Wildman–Crippen LogP) is 10.7. The topological polar surface area (TPSA) is 57.0 Å². The Morgan fingerprint density at radius 1 is 0.467 bits per heavy atom. The third-order valence-corrected chi connectivity index (χ3v) is 8.82. The Balaban J connectivity index is 1.37. The molecule has 0 aliphatic rings. The minimum atomic E-state index is 0.650. The van der Waals surface area contributed by atoms with E-state index in [4.69, 9.17) is 18.8 Å². The summed E-state index contributed by atoms with van der Waals surface area (Å²) in [6, 6.07) is 47.7. The molecule has 0 N–H and O–H groups in total. The van der Waals surface area contributed by atoms with Crippen LogP contribution in [-0.2, 0) is 0 Å². The highest BCUT2D eigenvalue weighted by atomic mass is 16.3. The highest BCUT2D eigenvalue weighted by molar-refractivity contribution is 6.24. The van der Waals surface area contributed by atoms with Crippen LogP contribution in [0.4, 0.5) is 0 Å². The molecule has 6 aromatic carbocycles. The maximum Gasteiger partial charge on any atom is 0.180 e. The van der Waals surface area contributed by atoms with E-state index in [0.717, 1.165) is 82.7 Å². The SMILES string of the molecule is c1ccc(-c2nc(-c3cccc4oc5ccccc5c34)c3oc4c(ccc5c4c4ccccc4n5-c4ccccc4)c3n2)cc1. The van der Waals surface area contributed by atoms with Crippen molar-refractivity contribution in [2.45, 2.75) is 0 Å². The fraction of sp³-hybridized carbons (Fsp3) is 0.